The van der Waals surface area contributed by atoms with E-state index in [1.165, 1.54) is 108 Å². The molecule has 1 N–H and O–H groups in total. The van der Waals surface area contributed by atoms with E-state index in [4.69, 9.17) is 0 Å². The fourth-order valence-electron chi connectivity index (χ4n) is 5.11. The number of phenols is 1. The number of aromatic nitrogens is 2. The second-order valence-electron chi connectivity index (χ2n) is 10.6. The van der Waals surface area contributed by atoms with Gasteiger partial charge in [0.25, 0.3) is 5.69 Å². The monoisotopic (exact) mass is 539 g/mol. The fraction of sp³-hybridized carbons (Fsp3) is 0.581. The van der Waals surface area contributed by atoms with Gasteiger partial charge in [-0.15, -0.1) is 12.6 Å². The molecule has 0 saturated heterocycles. The third-order valence-electron chi connectivity index (χ3n) is 7.42. The van der Waals surface area contributed by atoms with Gasteiger partial charge in [0.05, 0.1) is 16.1 Å². The number of nitro benzene ring substituents is 1. The maximum atomic E-state index is 11.0. The zero-order chi connectivity index (χ0) is 27.2. The number of non-ortho nitro benzene ring substituents is 1. The van der Waals surface area contributed by atoms with Crippen LogP contribution in [0, 0.1) is 10.1 Å². The molecule has 3 rings (SSSR count). The predicted octanol–water partition coefficient (Wildman–Crippen LogP) is 9.73. The number of nitro groups is 1. The van der Waals surface area contributed by atoms with E-state index < -0.39 is 4.92 Å². The summed E-state index contributed by atoms with van der Waals surface area (Å²) in [7, 11) is 0. The Balaban J connectivity index is 1.31. The highest BCUT2D eigenvalue weighted by Crippen LogP contribution is 2.30. The topological polar surface area (TPSA) is 81.2 Å². The summed E-state index contributed by atoms with van der Waals surface area (Å²) in [5, 5.41) is 26.8. The smallest absolute Gasteiger partial charge is 0.270 e. The number of benzene rings is 2. The largest absolute Gasteiger partial charge is 0.508 e. The lowest BCUT2D eigenvalue weighted by Gasteiger charge is -2.11. The maximum absolute atomic E-state index is 11.0. The van der Waals surface area contributed by atoms with Gasteiger partial charge in [-0.3, -0.25) is 10.1 Å². The van der Waals surface area contributed by atoms with Gasteiger partial charge in [0.15, 0.2) is 0 Å². The van der Waals surface area contributed by atoms with E-state index in [0.717, 1.165) is 23.3 Å². The summed E-state index contributed by atoms with van der Waals surface area (Å²) < 4.78 is 1.62. The Hall–Kier alpha value is -2.54. The SMILES string of the molecule is CCCCCCCCCCCCCCCCCCc1cc(S)c(-n2cc3cc([N+](=O)[O-])ccc3n2)cc1O. The zero-order valence-electron chi connectivity index (χ0n) is 23.0. The molecular formula is C31H45N3O3S. The van der Waals surface area contributed by atoms with E-state index in [-0.39, 0.29) is 11.4 Å². The molecule has 0 fully saturated rings. The number of aryl methyl sites for hydroxylation is 1. The van der Waals surface area contributed by atoms with Crippen LogP contribution in [-0.4, -0.2) is 19.8 Å². The highest BCUT2D eigenvalue weighted by atomic mass is 32.1. The van der Waals surface area contributed by atoms with Gasteiger partial charge in [0.1, 0.15) is 5.75 Å². The van der Waals surface area contributed by atoms with Gasteiger partial charge in [-0.05, 0) is 30.5 Å². The minimum absolute atomic E-state index is 0.0279. The fourth-order valence-corrected chi connectivity index (χ4v) is 5.43. The van der Waals surface area contributed by atoms with Crippen LogP contribution in [0.3, 0.4) is 0 Å². The van der Waals surface area contributed by atoms with Gasteiger partial charge >= 0.3 is 0 Å². The predicted molar refractivity (Wildman–Crippen MR) is 160 cm³/mol. The first-order chi connectivity index (χ1) is 18.5. The molecule has 3 aromatic rings. The number of fused-ring (bicyclic) bond motifs is 1. The Labute approximate surface area is 233 Å². The maximum Gasteiger partial charge on any atom is 0.270 e. The van der Waals surface area contributed by atoms with Crippen LogP contribution in [-0.2, 0) is 6.42 Å². The average molecular weight is 540 g/mol. The normalized spacial score (nSPS) is 11.4. The lowest BCUT2D eigenvalue weighted by atomic mass is 10.0. The first-order valence-electron chi connectivity index (χ1n) is 14.7. The molecule has 0 bridgehead atoms. The molecule has 6 nitrogen and oxygen atoms in total. The summed E-state index contributed by atoms with van der Waals surface area (Å²) >= 11 is 4.64. The first-order valence-corrected chi connectivity index (χ1v) is 15.1. The molecule has 1 heterocycles. The lowest BCUT2D eigenvalue weighted by Crippen LogP contribution is -1.98. The molecule has 0 radical (unpaired) electrons. The number of nitrogens with zero attached hydrogens (tertiary/aromatic N) is 3. The van der Waals surface area contributed by atoms with E-state index in [0.29, 0.717) is 16.6 Å². The first kappa shape index (κ1) is 30.0. The quantitative estimate of drug-likeness (QED) is 0.0687. The summed E-state index contributed by atoms with van der Waals surface area (Å²) in [4.78, 5) is 11.3. The van der Waals surface area contributed by atoms with Crippen LogP contribution in [0.5, 0.6) is 5.75 Å². The van der Waals surface area contributed by atoms with Crippen LogP contribution in [0.2, 0.25) is 0 Å². The summed E-state index contributed by atoms with van der Waals surface area (Å²) in [5.74, 6) is 0.240. The highest BCUT2D eigenvalue weighted by molar-refractivity contribution is 7.80. The molecule has 1 aromatic heterocycles. The molecule has 208 valence electrons. The molecular weight excluding hydrogens is 494 g/mol. The Morgan fingerprint density at radius 1 is 0.842 bits per heavy atom. The van der Waals surface area contributed by atoms with Crippen molar-refractivity contribution >= 4 is 29.2 Å². The van der Waals surface area contributed by atoms with Crippen LogP contribution < -0.4 is 0 Å². The molecule has 0 spiro atoms. The van der Waals surface area contributed by atoms with Crippen molar-refractivity contribution < 1.29 is 10.0 Å². The van der Waals surface area contributed by atoms with Crippen molar-refractivity contribution in [2.45, 2.75) is 121 Å². The Bertz CT molecular complexity index is 1140. The van der Waals surface area contributed by atoms with Crippen molar-refractivity contribution in [2.24, 2.45) is 0 Å². The van der Waals surface area contributed by atoms with Crippen LogP contribution in [0.4, 0.5) is 5.69 Å². The minimum Gasteiger partial charge on any atom is -0.508 e. The molecule has 38 heavy (non-hydrogen) atoms. The number of aromatic hydroxyl groups is 1. The van der Waals surface area contributed by atoms with Gasteiger partial charge in [-0.2, -0.15) is 5.10 Å². The molecule has 0 aliphatic heterocycles. The van der Waals surface area contributed by atoms with E-state index in [1.807, 2.05) is 6.07 Å². The molecule has 0 aliphatic rings. The number of hydrogen-bond donors (Lipinski definition) is 2. The molecule has 0 amide bonds. The molecule has 0 unspecified atom stereocenters. The van der Waals surface area contributed by atoms with Crippen LogP contribution >= 0.6 is 12.6 Å². The van der Waals surface area contributed by atoms with Crippen molar-refractivity contribution in [3.8, 4) is 11.4 Å². The van der Waals surface area contributed by atoms with E-state index in [9.17, 15) is 15.2 Å². The molecule has 0 atom stereocenters. The average Bonchev–Trinajstić information content (AvgIpc) is 3.33. The molecule has 0 saturated carbocycles. The number of rotatable bonds is 19. The highest BCUT2D eigenvalue weighted by Gasteiger charge is 2.13. The van der Waals surface area contributed by atoms with E-state index >= 15 is 0 Å². The zero-order valence-corrected chi connectivity index (χ0v) is 23.9. The number of thiol groups is 1. The Morgan fingerprint density at radius 2 is 1.39 bits per heavy atom. The van der Waals surface area contributed by atoms with Gasteiger partial charge in [-0.1, -0.05) is 103 Å². The number of phenolic OH excluding ortho intramolecular Hbond substituents is 1. The lowest BCUT2D eigenvalue weighted by molar-refractivity contribution is -0.384. The third-order valence-corrected chi connectivity index (χ3v) is 7.78. The van der Waals surface area contributed by atoms with Crippen molar-refractivity contribution in [3.05, 3.63) is 52.2 Å². The van der Waals surface area contributed by atoms with Crippen LogP contribution in [0.15, 0.2) is 41.4 Å². The second kappa shape index (κ2) is 16.4. The van der Waals surface area contributed by atoms with Crippen molar-refractivity contribution in [3.63, 3.8) is 0 Å². The van der Waals surface area contributed by atoms with Crippen molar-refractivity contribution in [1.82, 2.24) is 9.78 Å². The number of hydrogen-bond acceptors (Lipinski definition) is 5. The van der Waals surface area contributed by atoms with Gasteiger partial charge in [0, 0.05) is 34.7 Å². The molecule has 0 aliphatic carbocycles. The van der Waals surface area contributed by atoms with E-state index in [1.54, 1.807) is 23.0 Å². The van der Waals surface area contributed by atoms with Crippen molar-refractivity contribution in [2.75, 3.05) is 0 Å². The van der Waals surface area contributed by atoms with Crippen LogP contribution in [0.25, 0.3) is 16.6 Å². The summed E-state index contributed by atoms with van der Waals surface area (Å²) in [6.07, 6.45) is 24.0. The standard InChI is InChI=1S/C31H45N3O3S/c1-2-3-4-5-6-7-8-9-10-11-12-13-14-15-16-17-18-25-22-31(38)29(23-30(25)35)33-24-26-21-27(34(36)37)19-20-28(26)32-33/h19-24,35,38H,2-18H2,1H3. The van der Waals surface area contributed by atoms with Gasteiger partial charge < -0.3 is 5.11 Å². The van der Waals surface area contributed by atoms with Crippen LogP contribution in [0.1, 0.15) is 115 Å². The third kappa shape index (κ3) is 9.64. The summed E-state index contributed by atoms with van der Waals surface area (Å²) in [6, 6.07) is 8.17. The van der Waals surface area contributed by atoms with Crippen molar-refractivity contribution in [1.29, 1.82) is 0 Å². The Morgan fingerprint density at radius 3 is 1.95 bits per heavy atom. The molecule has 2 aromatic carbocycles. The minimum atomic E-state index is -0.417. The summed E-state index contributed by atoms with van der Waals surface area (Å²) in [5.41, 5.74) is 2.23. The number of unbranched alkanes of at least 4 members (excludes halogenated alkanes) is 15. The van der Waals surface area contributed by atoms with Gasteiger partial charge in [0.2, 0.25) is 0 Å². The second-order valence-corrected chi connectivity index (χ2v) is 11.1. The molecule has 7 heteroatoms. The summed E-state index contributed by atoms with van der Waals surface area (Å²) in [6.45, 7) is 2.27. The van der Waals surface area contributed by atoms with E-state index in [2.05, 4.69) is 24.7 Å². The van der Waals surface area contributed by atoms with Gasteiger partial charge in [-0.25, -0.2) is 4.68 Å². The Kier molecular flexibility index (Phi) is 13.0.